The van der Waals surface area contributed by atoms with E-state index >= 15 is 0 Å². The van der Waals surface area contributed by atoms with Crippen molar-refractivity contribution in [1.29, 1.82) is 0 Å². The molecule has 0 unspecified atom stereocenters. The van der Waals surface area contributed by atoms with E-state index in [1.807, 2.05) is 0 Å². The predicted octanol–water partition coefficient (Wildman–Crippen LogP) is 4.58. The standard InChI is InChI=1S/C12H11I2N3S/c1-8-2-4-9(5-3-8)11-15-12(17-16-11)18-7-10(14)6-13/h2-6H,7H2,1H3,(H,15,16,17)/b10-6+. The van der Waals surface area contributed by atoms with Crippen molar-refractivity contribution in [2.45, 2.75) is 12.1 Å². The number of hydrogen-bond donors (Lipinski definition) is 1. The zero-order valence-corrected chi connectivity index (χ0v) is 14.8. The molecule has 1 aromatic heterocycles. The van der Waals surface area contributed by atoms with E-state index in [4.69, 9.17) is 0 Å². The van der Waals surface area contributed by atoms with Crippen molar-refractivity contribution >= 4 is 56.9 Å². The van der Waals surface area contributed by atoms with E-state index < -0.39 is 0 Å². The van der Waals surface area contributed by atoms with Gasteiger partial charge in [-0.25, -0.2) is 4.98 Å². The zero-order chi connectivity index (χ0) is 13.0. The van der Waals surface area contributed by atoms with Crippen LogP contribution in [0.2, 0.25) is 0 Å². The Hall–Kier alpha value is -0.0900. The first-order valence-corrected chi connectivity index (χ1v) is 8.57. The largest absolute Gasteiger partial charge is 0.258 e. The molecule has 2 aromatic rings. The third-order valence-corrected chi connectivity index (χ3v) is 6.30. The van der Waals surface area contributed by atoms with Crippen LogP contribution in [0.25, 0.3) is 11.4 Å². The summed E-state index contributed by atoms with van der Waals surface area (Å²) in [4.78, 5) is 4.48. The number of H-pyrrole nitrogens is 1. The number of aromatic nitrogens is 3. The van der Waals surface area contributed by atoms with Gasteiger partial charge in [-0.05, 0) is 33.6 Å². The lowest BCUT2D eigenvalue weighted by atomic mass is 10.1. The highest BCUT2D eigenvalue weighted by molar-refractivity contribution is 14.1. The molecule has 0 saturated heterocycles. The van der Waals surface area contributed by atoms with Crippen LogP contribution in [0.15, 0.2) is 37.1 Å². The molecule has 1 N–H and O–H groups in total. The summed E-state index contributed by atoms with van der Waals surface area (Å²) in [5.41, 5.74) is 2.31. The lowest BCUT2D eigenvalue weighted by Gasteiger charge is -1.96. The molecule has 1 aromatic carbocycles. The molecular weight excluding hydrogens is 472 g/mol. The Labute approximate surface area is 138 Å². The molecule has 0 atom stereocenters. The molecule has 2 rings (SSSR count). The van der Waals surface area contributed by atoms with E-state index in [1.165, 1.54) is 9.14 Å². The third kappa shape index (κ3) is 3.95. The summed E-state index contributed by atoms with van der Waals surface area (Å²) in [5.74, 6) is 1.74. The van der Waals surface area contributed by atoms with Gasteiger partial charge in [-0.1, -0.05) is 64.2 Å². The van der Waals surface area contributed by atoms with Gasteiger partial charge in [-0.2, -0.15) is 0 Å². The Morgan fingerprint density at radius 1 is 1.39 bits per heavy atom. The summed E-state index contributed by atoms with van der Waals surface area (Å²) in [6.07, 6.45) is 0. The SMILES string of the molecule is Cc1ccc(-c2nc(SC/C(I)=C\I)n[nH]2)cc1. The van der Waals surface area contributed by atoms with Crippen LogP contribution < -0.4 is 0 Å². The van der Waals surface area contributed by atoms with Crippen LogP contribution in [0.1, 0.15) is 5.56 Å². The number of thioether (sulfide) groups is 1. The minimum absolute atomic E-state index is 0.790. The first-order valence-electron chi connectivity index (χ1n) is 5.26. The number of rotatable bonds is 4. The number of nitrogens with one attached hydrogen (secondary N) is 1. The van der Waals surface area contributed by atoms with Gasteiger partial charge in [0.05, 0.1) is 0 Å². The van der Waals surface area contributed by atoms with E-state index in [0.29, 0.717) is 0 Å². The summed E-state index contributed by atoms with van der Waals surface area (Å²) in [6, 6.07) is 8.26. The number of aromatic amines is 1. The minimum atomic E-state index is 0.790. The molecule has 0 aliphatic rings. The predicted molar refractivity (Wildman–Crippen MR) is 93.4 cm³/mol. The average Bonchev–Trinajstić information content (AvgIpc) is 2.85. The lowest BCUT2D eigenvalue weighted by Crippen LogP contribution is -1.81. The van der Waals surface area contributed by atoms with E-state index in [1.54, 1.807) is 11.8 Å². The highest BCUT2D eigenvalue weighted by Crippen LogP contribution is 2.23. The molecule has 3 nitrogen and oxygen atoms in total. The van der Waals surface area contributed by atoms with E-state index in [0.717, 1.165) is 22.3 Å². The van der Waals surface area contributed by atoms with Crippen LogP contribution in [0.3, 0.4) is 0 Å². The number of hydrogen-bond acceptors (Lipinski definition) is 3. The number of benzene rings is 1. The molecule has 6 heteroatoms. The molecule has 0 aliphatic heterocycles. The molecule has 0 saturated carbocycles. The maximum Gasteiger partial charge on any atom is 0.209 e. The van der Waals surface area contributed by atoms with E-state index in [-0.39, 0.29) is 0 Å². The Bertz CT molecular complexity index is 549. The van der Waals surface area contributed by atoms with Gasteiger partial charge in [0.2, 0.25) is 5.16 Å². The Kier molecular flexibility index (Phi) is 5.49. The smallest absolute Gasteiger partial charge is 0.209 e. The summed E-state index contributed by atoms with van der Waals surface area (Å²) >= 11 is 6.20. The van der Waals surface area contributed by atoms with Gasteiger partial charge in [0.25, 0.3) is 0 Å². The monoisotopic (exact) mass is 483 g/mol. The second kappa shape index (κ2) is 6.90. The quantitative estimate of drug-likeness (QED) is 0.512. The van der Waals surface area contributed by atoms with Crippen molar-refractivity contribution in [3.05, 3.63) is 37.5 Å². The molecule has 0 aliphatic carbocycles. The van der Waals surface area contributed by atoms with Crippen LogP contribution in [0.5, 0.6) is 0 Å². The Morgan fingerprint density at radius 3 is 2.78 bits per heavy atom. The van der Waals surface area contributed by atoms with E-state index in [9.17, 15) is 0 Å². The number of nitrogens with zero attached hydrogens (tertiary/aromatic N) is 2. The Morgan fingerprint density at radius 2 is 2.11 bits per heavy atom. The van der Waals surface area contributed by atoms with Crippen LogP contribution in [-0.4, -0.2) is 20.9 Å². The molecule has 94 valence electrons. The van der Waals surface area contributed by atoms with Gasteiger partial charge in [0, 0.05) is 14.9 Å². The van der Waals surface area contributed by atoms with Crippen molar-refractivity contribution in [2.75, 3.05) is 5.75 Å². The van der Waals surface area contributed by atoms with Crippen LogP contribution in [0, 0.1) is 6.92 Å². The van der Waals surface area contributed by atoms with E-state index in [2.05, 4.69) is 95.6 Å². The highest BCUT2D eigenvalue weighted by atomic mass is 127. The van der Waals surface area contributed by atoms with Crippen LogP contribution in [-0.2, 0) is 0 Å². The topological polar surface area (TPSA) is 41.6 Å². The van der Waals surface area contributed by atoms with Crippen LogP contribution in [0.4, 0.5) is 0 Å². The van der Waals surface area contributed by atoms with Crippen molar-refractivity contribution in [3.8, 4) is 11.4 Å². The second-order valence-corrected chi connectivity index (χ2v) is 6.63. The first-order chi connectivity index (χ1) is 8.69. The maximum absolute atomic E-state index is 4.48. The minimum Gasteiger partial charge on any atom is -0.258 e. The molecular formula is C12H11I2N3S. The number of aryl methyl sites for hydroxylation is 1. The van der Waals surface area contributed by atoms with Gasteiger partial charge >= 0.3 is 0 Å². The fourth-order valence-corrected chi connectivity index (χ4v) is 2.92. The zero-order valence-electron chi connectivity index (χ0n) is 9.65. The molecule has 0 fully saturated rings. The van der Waals surface area contributed by atoms with Crippen LogP contribution >= 0.6 is 56.9 Å². The van der Waals surface area contributed by atoms with Crippen molar-refractivity contribution in [1.82, 2.24) is 15.2 Å². The summed E-state index contributed by atoms with van der Waals surface area (Å²) in [5, 5.41) is 7.98. The first kappa shape index (κ1) is 14.3. The normalized spacial score (nSPS) is 11.8. The highest BCUT2D eigenvalue weighted by Gasteiger charge is 2.06. The van der Waals surface area contributed by atoms with Gasteiger partial charge in [-0.3, -0.25) is 5.10 Å². The van der Waals surface area contributed by atoms with Crippen molar-refractivity contribution < 1.29 is 0 Å². The fourth-order valence-electron chi connectivity index (χ4n) is 1.32. The summed E-state index contributed by atoms with van der Waals surface area (Å²) < 4.78 is 3.36. The Balaban J connectivity index is 2.08. The lowest BCUT2D eigenvalue weighted by molar-refractivity contribution is 0.975. The molecule has 1 heterocycles. The second-order valence-electron chi connectivity index (χ2n) is 3.68. The average molecular weight is 483 g/mol. The molecule has 0 amide bonds. The van der Waals surface area contributed by atoms with Gasteiger partial charge in [-0.15, -0.1) is 5.10 Å². The van der Waals surface area contributed by atoms with Crippen molar-refractivity contribution in [3.63, 3.8) is 0 Å². The van der Waals surface area contributed by atoms with Gasteiger partial charge < -0.3 is 0 Å². The maximum atomic E-state index is 4.48. The summed E-state index contributed by atoms with van der Waals surface area (Å²) in [6.45, 7) is 2.07. The third-order valence-electron chi connectivity index (χ3n) is 2.25. The van der Waals surface area contributed by atoms with Gasteiger partial charge in [0.15, 0.2) is 5.82 Å². The fraction of sp³-hybridized carbons (Fsp3) is 0.167. The molecule has 0 radical (unpaired) electrons. The molecule has 0 spiro atoms. The molecule has 18 heavy (non-hydrogen) atoms. The van der Waals surface area contributed by atoms with Gasteiger partial charge in [0.1, 0.15) is 0 Å². The number of halogens is 2. The molecule has 0 bridgehead atoms. The summed E-state index contributed by atoms with van der Waals surface area (Å²) in [7, 11) is 0. The van der Waals surface area contributed by atoms with Crippen molar-refractivity contribution in [2.24, 2.45) is 0 Å².